The van der Waals surface area contributed by atoms with Crippen molar-refractivity contribution in [3.8, 4) is 11.4 Å². The molecule has 0 N–H and O–H groups in total. The van der Waals surface area contributed by atoms with Crippen LogP contribution in [0.25, 0.3) is 11.4 Å². The predicted molar refractivity (Wildman–Crippen MR) is 119 cm³/mol. The third-order valence-electron chi connectivity index (χ3n) is 5.34. The number of halogens is 1. The third-order valence-corrected chi connectivity index (χ3v) is 7.18. The average Bonchev–Trinajstić information content (AvgIpc) is 3.28. The van der Waals surface area contributed by atoms with Gasteiger partial charge in [-0.1, -0.05) is 17.3 Å². The van der Waals surface area contributed by atoms with E-state index in [0.29, 0.717) is 11.1 Å². The van der Waals surface area contributed by atoms with Crippen LogP contribution in [0, 0.1) is 12.7 Å². The molecule has 1 aliphatic rings. The van der Waals surface area contributed by atoms with Crippen molar-refractivity contribution in [2.45, 2.75) is 44.5 Å². The van der Waals surface area contributed by atoms with Gasteiger partial charge in [0.1, 0.15) is 5.82 Å². The highest BCUT2D eigenvalue weighted by atomic mass is 32.2. The van der Waals surface area contributed by atoms with E-state index < -0.39 is 21.8 Å². The average molecular weight is 490 g/mol. The Bertz CT molecular complexity index is 1280. The number of hydrogen-bond donors (Lipinski definition) is 0. The fraction of sp³-hybridized carbons (Fsp3) is 0.348. The van der Waals surface area contributed by atoms with E-state index in [2.05, 4.69) is 10.1 Å². The fourth-order valence-electron chi connectivity index (χ4n) is 3.61. The van der Waals surface area contributed by atoms with Crippen molar-refractivity contribution < 1.29 is 31.6 Å². The van der Waals surface area contributed by atoms with Crippen molar-refractivity contribution in [2.24, 2.45) is 0 Å². The van der Waals surface area contributed by atoms with Gasteiger partial charge < -0.3 is 14.0 Å². The smallest absolute Gasteiger partial charge is 0.338 e. The number of benzene rings is 2. The topological polar surface area (TPSA) is 112 Å². The molecule has 2 aromatic carbocycles. The Morgan fingerprint density at radius 2 is 1.82 bits per heavy atom. The van der Waals surface area contributed by atoms with Gasteiger partial charge in [-0.25, -0.2) is 17.6 Å². The van der Waals surface area contributed by atoms with Gasteiger partial charge in [0.2, 0.25) is 15.8 Å². The lowest BCUT2D eigenvalue weighted by Gasteiger charge is -2.34. The van der Waals surface area contributed by atoms with Gasteiger partial charge in [-0.05, 0) is 56.7 Å². The monoisotopic (exact) mass is 489 g/mol. The maximum absolute atomic E-state index is 13.8. The molecule has 1 aliphatic heterocycles. The van der Waals surface area contributed by atoms with Crippen molar-refractivity contribution >= 4 is 16.0 Å². The lowest BCUT2D eigenvalue weighted by Crippen LogP contribution is -2.48. The summed E-state index contributed by atoms with van der Waals surface area (Å²) in [6.45, 7) is 5.52. The summed E-state index contributed by atoms with van der Waals surface area (Å²) >= 11 is 0. The van der Waals surface area contributed by atoms with Gasteiger partial charge in [0, 0.05) is 18.7 Å². The number of rotatable bonds is 6. The van der Waals surface area contributed by atoms with Gasteiger partial charge >= 0.3 is 5.97 Å². The molecule has 11 heteroatoms. The molecule has 1 saturated heterocycles. The van der Waals surface area contributed by atoms with E-state index in [1.165, 1.54) is 34.6 Å². The number of nitrogens with zero attached hydrogens (tertiary/aromatic N) is 3. The number of sulfonamides is 1. The lowest BCUT2D eigenvalue weighted by atomic mass is 10.1. The summed E-state index contributed by atoms with van der Waals surface area (Å²) in [5.41, 5.74) is 1.10. The van der Waals surface area contributed by atoms with E-state index >= 15 is 0 Å². The maximum atomic E-state index is 13.8. The molecule has 2 atom stereocenters. The van der Waals surface area contributed by atoms with Gasteiger partial charge in [-0.15, -0.1) is 0 Å². The first kappa shape index (κ1) is 24.0. The standard InChI is InChI=1S/C23H24FN3O6S/c1-14-4-5-18(10-20(14)24)22-25-21(33-26-22)13-31-23(28)17-6-8-19(9-7-17)34(29,30)27-11-15(2)32-16(3)12-27/h4-10,15-16H,11-13H2,1-3H3/t15-,16-/m1/s1. The second-order valence-electron chi connectivity index (χ2n) is 8.16. The number of morpholine rings is 1. The summed E-state index contributed by atoms with van der Waals surface area (Å²) in [5, 5.41) is 3.78. The molecular formula is C23H24FN3O6S. The maximum Gasteiger partial charge on any atom is 0.338 e. The van der Waals surface area contributed by atoms with Crippen LogP contribution in [0.5, 0.6) is 0 Å². The summed E-state index contributed by atoms with van der Waals surface area (Å²) in [6.07, 6.45) is -0.411. The van der Waals surface area contributed by atoms with Crippen LogP contribution in [0.3, 0.4) is 0 Å². The molecule has 0 aliphatic carbocycles. The van der Waals surface area contributed by atoms with E-state index in [1.807, 2.05) is 13.8 Å². The van der Waals surface area contributed by atoms with Crippen LogP contribution in [0.1, 0.15) is 35.7 Å². The van der Waals surface area contributed by atoms with Gasteiger partial charge in [-0.2, -0.15) is 9.29 Å². The number of carbonyl (C=O) groups excluding carboxylic acids is 1. The van der Waals surface area contributed by atoms with Crippen LogP contribution < -0.4 is 0 Å². The fourth-order valence-corrected chi connectivity index (χ4v) is 5.20. The summed E-state index contributed by atoms with van der Waals surface area (Å²) < 4.78 is 56.9. The highest BCUT2D eigenvalue weighted by Gasteiger charge is 2.32. The van der Waals surface area contributed by atoms with Gasteiger partial charge in [-0.3, -0.25) is 0 Å². The number of hydrogen-bond acceptors (Lipinski definition) is 8. The molecule has 1 aromatic heterocycles. The van der Waals surface area contributed by atoms with Crippen molar-refractivity contribution in [1.82, 2.24) is 14.4 Å². The summed E-state index contributed by atoms with van der Waals surface area (Å²) in [7, 11) is -3.71. The number of esters is 1. The van der Waals surface area contributed by atoms with Gasteiger partial charge in [0.05, 0.1) is 22.7 Å². The van der Waals surface area contributed by atoms with Crippen LogP contribution in [-0.4, -0.2) is 54.1 Å². The zero-order chi connectivity index (χ0) is 24.5. The Morgan fingerprint density at radius 1 is 1.15 bits per heavy atom. The minimum atomic E-state index is -3.71. The third kappa shape index (κ3) is 5.16. The van der Waals surface area contributed by atoms with E-state index in [9.17, 15) is 17.6 Å². The summed E-state index contributed by atoms with van der Waals surface area (Å²) in [5.74, 6) is -0.859. The molecule has 180 valence electrons. The lowest BCUT2D eigenvalue weighted by molar-refractivity contribution is -0.0440. The first-order valence-electron chi connectivity index (χ1n) is 10.7. The summed E-state index contributed by atoms with van der Waals surface area (Å²) in [4.78, 5) is 16.6. The van der Waals surface area contributed by atoms with Crippen LogP contribution >= 0.6 is 0 Å². The molecule has 34 heavy (non-hydrogen) atoms. The van der Waals surface area contributed by atoms with Crippen molar-refractivity contribution in [3.05, 3.63) is 65.3 Å². The SMILES string of the molecule is Cc1ccc(-c2noc(COC(=O)c3ccc(S(=O)(=O)N4C[C@@H](C)O[C@H](C)C4)cc3)n2)cc1F. The minimum Gasteiger partial charge on any atom is -0.452 e. The zero-order valence-corrected chi connectivity index (χ0v) is 19.7. The predicted octanol–water partition coefficient (Wildman–Crippen LogP) is 3.34. The normalized spacial score (nSPS) is 19.2. The molecule has 0 amide bonds. The highest BCUT2D eigenvalue weighted by Crippen LogP contribution is 2.22. The van der Waals surface area contributed by atoms with Crippen LogP contribution in [-0.2, 0) is 26.1 Å². The van der Waals surface area contributed by atoms with Crippen LogP contribution in [0.2, 0.25) is 0 Å². The molecule has 0 radical (unpaired) electrons. The highest BCUT2D eigenvalue weighted by molar-refractivity contribution is 7.89. The zero-order valence-electron chi connectivity index (χ0n) is 18.9. The van der Waals surface area contributed by atoms with Gasteiger partial charge in [0.25, 0.3) is 5.89 Å². The minimum absolute atomic E-state index is 0.0408. The Morgan fingerprint density at radius 3 is 2.47 bits per heavy atom. The molecule has 0 unspecified atom stereocenters. The van der Waals surface area contributed by atoms with E-state index in [4.69, 9.17) is 14.0 Å². The van der Waals surface area contributed by atoms with Gasteiger partial charge in [0.15, 0.2) is 6.61 Å². The quantitative estimate of drug-likeness (QED) is 0.485. The first-order chi connectivity index (χ1) is 16.1. The largest absolute Gasteiger partial charge is 0.452 e. The molecule has 0 bridgehead atoms. The summed E-state index contributed by atoms with van der Waals surface area (Å²) in [6, 6.07) is 10.1. The molecule has 4 rings (SSSR count). The Balaban J connectivity index is 1.39. The molecular weight excluding hydrogens is 465 g/mol. The first-order valence-corrected chi connectivity index (χ1v) is 12.1. The van der Waals surface area contributed by atoms with E-state index in [-0.39, 0.29) is 54.1 Å². The second kappa shape index (κ2) is 9.61. The van der Waals surface area contributed by atoms with Crippen LogP contribution in [0.4, 0.5) is 4.39 Å². The molecule has 1 fully saturated rings. The van der Waals surface area contributed by atoms with E-state index in [1.54, 1.807) is 19.1 Å². The Labute approximate surface area is 196 Å². The Hall–Kier alpha value is -3.15. The molecule has 2 heterocycles. The number of aryl methyl sites for hydroxylation is 1. The molecule has 0 saturated carbocycles. The van der Waals surface area contributed by atoms with Crippen LogP contribution in [0.15, 0.2) is 51.9 Å². The number of carbonyl (C=O) groups is 1. The van der Waals surface area contributed by atoms with Crippen molar-refractivity contribution in [2.75, 3.05) is 13.1 Å². The van der Waals surface area contributed by atoms with Crippen molar-refractivity contribution in [1.29, 1.82) is 0 Å². The van der Waals surface area contributed by atoms with E-state index in [0.717, 1.165) is 0 Å². The number of ether oxygens (including phenoxy) is 2. The molecule has 0 spiro atoms. The number of aromatic nitrogens is 2. The Kier molecular flexibility index (Phi) is 6.78. The second-order valence-corrected chi connectivity index (χ2v) is 10.1. The molecule has 3 aromatic rings. The molecule has 9 nitrogen and oxygen atoms in total. The van der Waals surface area contributed by atoms with Crippen molar-refractivity contribution in [3.63, 3.8) is 0 Å².